The summed E-state index contributed by atoms with van der Waals surface area (Å²) in [6, 6.07) is -0.317. The number of nitrogens with zero attached hydrogens (tertiary/aromatic N) is 2. The van der Waals surface area contributed by atoms with Crippen LogP contribution in [0.5, 0.6) is 0 Å². The van der Waals surface area contributed by atoms with Gasteiger partial charge >= 0.3 is 12.0 Å². The highest BCUT2D eigenvalue weighted by Gasteiger charge is 2.55. The normalized spacial score (nSPS) is 33.2. The van der Waals surface area contributed by atoms with Crippen molar-refractivity contribution in [2.24, 2.45) is 5.92 Å². The molecule has 1 saturated carbocycles. The summed E-state index contributed by atoms with van der Waals surface area (Å²) in [6.45, 7) is 5.12. The van der Waals surface area contributed by atoms with Gasteiger partial charge in [-0.1, -0.05) is 19.8 Å². The summed E-state index contributed by atoms with van der Waals surface area (Å²) in [6.07, 6.45) is 6.31. The van der Waals surface area contributed by atoms with Crippen molar-refractivity contribution >= 4 is 23.8 Å². The summed E-state index contributed by atoms with van der Waals surface area (Å²) in [4.78, 5) is 52.6. The van der Waals surface area contributed by atoms with Crippen LogP contribution >= 0.6 is 0 Å². The standard InChI is InChI=1S/C20H31N3O5/c1-13-7-4-5-10-20(13)18(26)22(19(27)21-20)11-17(25)28-12-16(24)23-14(2)8-6-9-15(23)3/h13-15H,4-12H2,1-3H3,(H,21,27)/t13-,14-,15+,20-/m0/s1. The fraction of sp³-hybridized carbons (Fsp3) is 0.800. The number of piperidine rings is 1. The number of likely N-dealkylation sites (tertiary alicyclic amines) is 1. The molecule has 4 amide bonds. The zero-order chi connectivity index (χ0) is 20.5. The van der Waals surface area contributed by atoms with Crippen LogP contribution in [-0.4, -0.2) is 64.4 Å². The summed E-state index contributed by atoms with van der Waals surface area (Å²) in [5, 5.41) is 2.81. The van der Waals surface area contributed by atoms with Gasteiger partial charge in [-0.3, -0.25) is 19.3 Å². The molecule has 3 fully saturated rings. The molecule has 156 valence electrons. The highest BCUT2D eigenvalue weighted by atomic mass is 16.5. The van der Waals surface area contributed by atoms with E-state index in [2.05, 4.69) is 5.32 Å². The Hall–Kier alpha value is -2.12. The van der Waals surface area contributed by atoms with E-state index in [9.17, 15) is 19.2 Å². The molecule has 3 aliphatic rings. The number of nitrogens with one attached hydrogen (secondary N) is 1. The molecule has 2 heterocycles. The van der Waals surface area contributed by atoms with Gasteiger partial charge in [0, 0.05) is 12.1 Å². The van der Waals surface area contributed by atoms with Gasteiger partial charge in [-0.05, 0) is 51.9 Å². The number of ether oxygens (including phenoxy) is 1. The fourth-order valence-corrected chi connectivity index (χ4v) is 4.94. The van der Waals surface area contributed by atoms with Gasteiger partial charge < -0.3 is 15.0 Å². The van der Waals surface area contributed by atoms with Crippen LogP contribution in [0.1, 0.15) is 65.7 Å². The van der Waals surface area contributed by atoms with Crippen LogP contribution in [0.4, 0.5) is 4.79 Å². The molecule has 0 aromatic carbocycles. The van der Waals surface area contributed by atoms with E-state index in [-0.39, 0.29) is 36.4 Å². The van der Waals surface area contributed by atoms with Crippen molar-refractivity contribution in [2.45, 2.75) is 83.3 Å². The van der Waals surface area contributed by atoms with Crippen LogP contribution in [0, 0.1) is 5.92 Å². The molecule has 0 aromatic rings. The highest BCUT2D eigenvalue weighted by Crippen LogP contribution is 2.38. The molecule has 0 radical (unpaired) electrons. The van der Waals surface area contributed by atoms with Crippen molar-refractivity contribution < 1.29 is 23.9 Å². The van der Waals surface area contributed by atoms with Gasteiger partial charge in [-0.15, -0.1) is 0 Å². The Kier molecular flexibility index (Phi) is 5.95. The molecule has 0 bridgehead atoms. The van der Waals surface area contributed by atoms with Crippen LogP contribution in [0.3, 0.4) is 0 Å². The summed E-state index contributed by atoms with van der Waals surface area (Å²) >= 11 is 0. The third-order valence-electron chi connectivity index (χ3n) is 6.63. The minimum Gasteiger partial charge on any atom is -0.454 e. The first kappa shape index (κ1) is 20.6. The molecule has 1 spiro atoms. The SMILES string of the molecule is C[C@@H]1CCC[C@H](C)N1C(=O)COC(=O)CN1C(=O)N[C@]2(CCCC[C@@H]2C)C1=O. The number of esters is 1. The lowest BCUT2D eigenvalue weighted by molar-refractivity contribution is -0.156. The predicted molar refractivity (Wildman–Crippen MR) is 101 cm³/mol. The number of urea groups is 1. The summed E-state index contributed by atoms with van der Waals surface area (Å²) in [7, 11) is 0. The van der Waals surface area contributed by atoms with Gasteiger partial charge in [0.05, 0.1) is 0 Å². The van der Waals surface area contributed by atoms with Crippen LogP contribution in [-0.2, 0) is 19.1 Å². The first-order valence-corrected chi connectivity index (χ1v) is 10.4. The Labute approximate surface area is 165 Å². The van der Waals surface area contributed by atoms with Crippen LogP contribution in [0.25, 0.3) is 0 Å². The third-order valence-corrected chi connectivity index (χ3v) is 6.63. The van der Waals surface area contributed by atoms with E-state index in [0.717, 1.165) is 43.4 Å². The van der Waals surface area contributed by atoms with Crippen molar-refractivity contribution in [3.63, 3.8) is 0 Å². The van der Waals surface area contributed by atoms with Crippen LogP contribution < -0.4 is 5.32 Å². The Morgan fingerprint density at radius 2 is 1.75 bits per heavy atom. The summed E-state index contributed by atoms with van der Waals surface area (Å²) in [5.74, 6) is -1.30. The van der Waals surface area contributed by atoms with Gasteiger partial charge in [0.1, 0.15) is 12.1 Å². The number of carbonyl (C=O) groups excluding carboxylic acids is 4. The number of imide groups is 1. The lowest BCUT2D eigenvalue weighted by Crippen LogP contribution is -2.54. The molecule has 3 rings (SSSR count). The molecule has 2 saturated heterocycles. The van der Waals surface area contributed by atoms with Gasteiger partial charge in [-0.2, -0.15) is 0 Å². The lowest BCUT2D eigenvalue weighted by Gasteiger charge is -2.38. The van der Waals surface area contributed by atoms with Gasteiger partial charge in [-0.25, -0.2) is 4.79 Å². The minimum atomic E-state index is -0.899. The average molecular weight is 393 g/mol. The van der Waals surface area contributed by atoms with Gasteiger partial charge in [0.15, 0.2) is 6.61 Å². The maximum atomic E-state index is 12.9. The number of hydrogen-bond donors (Lipinski definition) is 1. The summed E-state index contributed by atoms with van der Waals surface area (Å²) < 4.78 is 5.11. The Bertz CT molecular complexity index is 656. The second-order valence-corrected chi connectivity index (χ2v) is 8.53. The van der Waals surface area contributed by atoms with E-state index in [1.807, 2.05) is 20.8 Å². The van der Waals surface area contributed by atoms with Crippen molar-refractivity contribution in [2.75, 3.05) is 13.2 Å². The van der Waals surface area contributed by atoms with E-state index in [1.54, 1.807) is 4.90 Å². The Balaban J connectivity index is 1.55. The van der Waals surface area contributed by atoms with Crippen molar-refractivity contribution in [1.29, 1.82) is 0 Å². The monoisotopic (exact) mass is 393 g/mol. The van der Waals surface area contributed by atoms with Crippen molar-refractivity contribution in [3.05, 3.63) is 0 Å². The first-order chi connectivity index (χ1) is 13.3. The molecular weight excluding hydrogens is 362 g/mol. The number of rotatable bonds is 4. The predicted octanol–water partition coefficient (Wildman–Crippen LogP) is 1.82. The second-order valence-electron chi connectivity index (χ2n) is 8.53. The first-order valence-electron chi connectivity index (χ1n) is 10.4. The van der Waals surface area contributed by atoms with Gasteiger partial charge in [0.2, 0.25) is 0 Å². The molecule has 4 atom stereocenters. The maximum absolute atomic E-state index is 12.9. The van der Waals surface area contributed by atoms with Crippen molar-refractivity contribution in [3.8, 4) is 0 Å². The lowest BCUT2D eigenvalue weighted by atomic mass is 9.73. The Morgan fingerprint density at radius 3 is 2.39 bits per heavy atom. The molecule has 8 heteroatoms. The molecule has 1 aliphatic carbocycles. The van der Waals surface area contributed by atoms with E-state index < -0.39 is 24.1 Å². The third kappa shape index (κ3) is 3.73. The largest absolute Gasteiger partial charge is 0.454 e. The maximum Gasteiger partial charge on any atom is 0.326 e. The fourth-order valence-electron chi connectivity index (χ4n) is 4.94. The zero-order valence-electron chi connectivity index (χ0n) is 17.0. The molecule has 0 aromatic heterocycles. The van der Waals surface area contributed by atoms with Crippen LogP contribution in [0.2, 0.25) is 0 Å². The van der Waals surface area contributed by atoms with E-state index in [1.165, 1.54) is 0 Å². The quantitative estimate of drug-likeness (QED) is 0.581. The summed E-state index contributed by atoms with van der Waals surface area (Å²) in [5.41, 5.74) is -0.899. The molecule has 2 aliphatic heterocycles. The zero-order valence-corrected chi connectivity index (χ0v) is 17.0. The molecule has 0 unspecified atom stereocenters. The molecule has 28 heavy (non-hydrogen) atoms. The minimum absolute atomic E-state index is 0.0300. The molecule has 8 nitrogen and oxygen atoms in total. The topological polar surface area (TPSA) is 96.0 Å². The number of carbonyl (C=O) groups is 4. The van der Waals surface area contributed by atoms with E-state index in [4.69, 9.17) is 4.74 Å². The van der Waals surface area contributed by atoms with Gasteiger partial charge in [0.25, 0.3) is 11.8 Å². The average Bonchev–Trinajstić information content (AvgIpc) is 2.87. The smallest absolute Gasteiger partial charge is 0.326 e. The molecular formula is C20H31N3O5. The molecule has 1 N–H and O–H groups in total. The number of amides is 4. The number of hydrogen-bond acceptors (Lipinski definition) is 5. The van der Waals surface area contributed by atoms with Crippen molar-refractivity contribution in [1.82, 2.24) is 15.1 Å². The Morgan fingerprint density at radius 1 is 1.07 bits per heavy atom. The van der Waals surface area contributed by atoms with E-state index in [0.29, 0.717) is 6.42 Å². The highest BCUT2D eigenvalue weighted by molar-refractivity contribution is 6.09. The van der Waals surface area contributed by atoms with Crippen LogP contribution in [0.15, 0.2) is 0 Å². The van der Waals surface area contributed by atoms with E-state index >= 15 is 0 Å². The second kappa shape index (κ2) is 8.09.